The average molecular weight is 306 g/mol. The molecule has 2 rings (SSSR count). The first-order chi connectivity index (χ1) is 9.91. The zero-order valence-corrected chi connectivity index (χ0v) is 12.5. The van der Waals surface area contributed by atoms with E-state index in [1.165, 1.54) is 23.1 Å². The second kappa shape index (κ2) is 6.06. The van der Waals surface area contributed by atoms with E-state index in [1.807, 2.05) is 19.1 Å². The van der Waals surface area contributed by atoms with E-state index in [2.05, 4.69) is 0 Å². The van der Waals surface area contributed by atoms with Crippen LogP contribution in [0.5, 0.6) is 11.5 Å². The minimum Gasteiger partial charge on any atom is -0.504 e. The van der Waals surface area contributed by atoms with Crippen molar-refractivity contribution in [3.63, 3.8) is 0 Å². The summed E-state index contributed by atoms with van der Waals surface area (Å²) in [7, 11) is 1.64. The van der Waals surface area contributed by atoms with Crippen molar-refractivity contribution in [2.24, 2.45) is 0 Å². The Morgan fingerprint density at radius 2 is 1.86 bits per heavy atom. The zero-order valence-electron chi connectivity index (χ0n) is 11.7. The molecule has 0 aliphatic carbocycles. The molecule has 5 heteroatoms. The van der Waals surface area contributed by atoms with Crippen LogP contribution >= 0.6 is 11.6 Å². The van der Waals surface area contributed by atoms with Crippen LogP contribution in [0.1, 0.15) is 28.9 Å². The third-order valence-electron chi connectivity index (χ3n) is 3.48. The van der Waals surface area contributed by atoms with Gasteiger partial charge in [0.05, 0.1) is 11.6 Å². The van der Waals surface area contributed by atoms with Crippen molar-refractivity contribution in [1.29, 1.82) is 0 Å². The first kappa shape index (κ1) is 15.2. The lowest BCUT2D eigenvalue weighted by atomic mass is 10.1. The first-order valence-electron chi connectivity index (χ1n) is 6.45. The van der Waals surface area contributed by atoms with Crippen LogP contribution in [0.4, 0.5) is 0 Å². The monoisotopic (exact) mass is 305 g/mol. The second-order valence-corrected chi connectivity index (χ2v) is 5.26. The van der Waals surface area contributed by atoms with E-state index in [0.29, 0.717) is 5.02 Å². The molecule has 0 saturated heterocycles. The molecular weight excluding hydrogens is 290 g/mol. The topological polar surface area (TPSA) is 60.8 Å². The summed E-state index contributed by atoms with van der Waals surface area (Å²) in [6.45, 7) is 1.86. The van der Waals surface area contributed by atoms with Gasteiger partial charge in [0.25, 0.3) is 5.91 Å². The number of carbonyl (C=O) groups excluding carboxylic acids is 1. The molecule has 1 unspecified atom stereocenters. The molecule has 0 aromatic heterocycles. The minimum atomic E-state index is -0.410. The molecule has 4 nitrogen and oxygen atoms in total. The smallest absolute Gasteiger partial charge is 0.258 e. The lowest BCUT2D eigenvalue weighted by Gasteiger charge is -2.26. The van der Waals surface area contributed by atoms with Crippen LogP contribution in [0.15, 0.2) is 42.5 Å². The molecule has 21 heavy (non-hydrogen) atoms. The highest BCUT2D eigenvalue weighted by Crippen LogP contribution is 2.31. The van der Waals surface area contributed by atoms with E-state index in [1.54, 1.807) is 19.2 Å². The lowest BCUT2D eigenvalue weighted by Crippen LogP contribution is -2.29. The highest BCUT2D eigenvalue weighted by atomic mass is 35.5. The lowest BCUT2D eigenvalue weighted by molar-refractivity contribution is 0.0739. The Morgan fingerprint density at radius 3 is 2.52 bits per heavy atom. The number of amides is 1. The Morgan fingerprint density at radius 1 is 1.19 bits per heavy atom. The number of phenolic OH excluding ortho intramolecular Hbond substituents is 2. The van der Waals surface area contributed by atoms with Gasteiger partial charge >= 0.3 is 0 Å². The Kier molecular flexibility index (Phi) is 4.38. The minimum absolute atomic E-state index is 0.0615. The van der Waals surface area contributed by atoms with Gasteiger partial charge in [-0.25, -0.2) is 0 Å². The number of aromatic hydroxyl groups is 2. The summed E-state index contributed by atoms with van der Waals surface area (Å²) in [5.41, 5.74) is 0.948. The predicted octanol–water partition coefficient (Wildman–Crippen LogP) is 3.58. The summed E-state index contributed by atoms with van der Waals surface area (Å²) in [6, 6.07) is 11.3. The third kappa shape index (κ3) is 3.11. The van der Waals surface area contributed by atoms with Gasteiger partial charge in [0.2, 0.25) is 0 Å². The van der Waals surface area contributed by atoms with Gasteiger partial charge in [-0.3, -0.25) is 4.79 Å². The number of halogens is 1. The van der Waals surface area contributed by atoms with Crippen LogP contribution in [-0.4, -0.2) is 28.1 Å². The molecule has 0 aliphatic rings. The number of carbonyl (C=O) groups is 1. The Bertz CT molecular complexity index is 672. The van der Waals surface area contributed by atoms with Crippen molar-refractivity contribution in [1.82, 2.24) is 4.90 Å². The van der Waals surface area contributed by atoms with Crippen molar-refractivity contribution in [2.45, 2.75) is 13.0 Å². The van der Waals surface area contributed by atoms with Crippen molar-refractivity contribution in [2.75, 3.05) is 7.05 Å². The van der Waals surface area contributed by atoms with E-state index >= 15 is 0 Å². The number of hydrogen-bond acceptors (Lipinski definition) is 3. The number of hydrogen-bond donors (Lipinski definition) is 2. The normalized spacial score (nSPS) is 12.0. The fourth-order valence-corrected chi connectivity index (χ4v) is 2.26. The Labute approximate surface area is 128 Å². The highest BCUT2D eigenvalue weighted by molar-refractivity contribution is 6.30. The average Bonchev–Trinajstić information content (AvgIpc) is 2.48. The van der Waals surface area contributed by atoms with E-state index in [-0.39, 0.29) is 23.3 Å². The van der Waals surface area contributed by atoms with Crippen molar-refractivity contribution < 1.29 is 15.0 Å². The van der Waals surface area contributed by atoms with Gasteiger partial charge < -0.3 is 15.1 Å². The predicted molar refractivity (Wildman–Crippen MR) is 81.7 cm³/mol. The molecule has 2 N–H and O–H groups in total. The molecule has 0 heterocycles. The molecule has 0 bridgehead atoms. The first-order valence-corrected chi connectivity index (χ1v) is 6.83. The number of phenols is 2. The fourth-order valence-electron chi connectivity index (χ4n) is 2.06. The molecular formula is C16H16ClNO3. The quantitative estimate of drug-likeness (QED) is 0.852. The summed E-state index contributed by atoms with van der Waals surface area (Å²) in [4.78, 5) is 13.9. The Hall–Kier alpha value is -2.20. The maximum atomic E-state index is 12.4. The second-order valence-electron chi connectivity index (χ2n) is 4.82. The molecule has 0 radical (unpaired) electrons. The van der Waals surface area contributed by atoms with E-state index in [4.69, 9.17) is 11.6 Å². The molecule has 0 saturated carbocycles. The largest absolute Gasteiger partial charge is 0.504 e. The zero-order chi connectivity index (χ0) is 15.6. The molecule has 1 amide bonds. The van der Waals surface area contributed by atoms with Gasteiger partial charge in [0, 0.05) is 12.1 Å². The summed E-state index contributed by atoms with van der Waals surface area (Å²) in [5, 5.41) is 19.9. The maximum Gasteiger partial charge on any atom is 0.258 e. The molecule has 0 spiro atoms. The summed E-state index contributed by atoms with van der Waals surface area (Å²) >= 11 is 5.96. The van der Waals surface area contributed by atoms with Crippen LogP contribution in [0.2, 0.25) is 5.02 Å². The van der Waals surface area contributed by atoms with Crippen LogP contribution in [0.3, 0.4) is 0 Å². The molecule has 110 valence electrons. The van der Waals surface area contributed by atoms with Gasteiger partial charge in [0.1, 0.15) is 0 Å². The van der Waals surface area contributed by atoms with Crippen LogP contribution in [0, 0.1) is 0 Å². The summed E-state index contributed by atoms with van der Waals surface area (Å²) in [5.74, 6) is -1.10. The highest BCUT2D eigenvalue weighted by Gasteiger charge is 2.22. The SMILES string of the molecule is CC(c1cccc(Cl)c1)N(C)C(=O)c1cccc(O)c1O. The number of benzene rings is 2. The van der Waals surface area contributed by atoms with Crippen molar-refractivity contribution in [3.8, 4) is 11.5 Å². The number of para-hydroxylation sites is 1. The van der Waals surface area contributed by atoms with Crippen molar-refractivity contribution in [3.05, 3.63) is 58.6 Å². The standard InChI is InChI=1S/C16H16ClNO3/c1-10(11-5-3-6-12(17)9-11)18(2)16(21)13-7-4-8-14(19)15(13)20/h3-10,19-20H,1-2H3. The summed E-state index contributed by atoms with van der Waals surface area (Å²) in [6.07, 6.45) is 0. The molecule has 0 fully saturated rings. The van der Waals surface area contributed by atoms with E-state index in [9.17, 15) is 15.0 Å². The van der Waals surface area contributed by atoms with Gasteiger partial charge in [-0.1, -0.05) is 29.8 Å². The van der Waals surface area contributed by atoms with Gasteiger partial charge in [-0.05, 0) is 36.8 Å². The van der Waals surface area contributed by atoms with Gasteiger partial charge in [-0.15, -0.1) is 0 Å². The van der Waals surface area contributed by atoms with Gasteiger partial charge in [-0.2, -0.15) is 0 Å². The van der Waals surface area contributed by atoms with E-state index < -0.39 is 5.75 Å². The van der Waals surface area contributed by atoms with E-state index in [0.717, 1.165) is 5.56 Å². The van der Waals surface area contributed by atoms with Crippen LogP contribution < -0.4 is 0 Å². The van der Waals surface area contributed by atoms with Crippen LogP contribution in [-0.2, 0) is 0 Å². The summed E-state index contributed by atoms with van der Waals surface area (Å²) < 4.78 is 0. The molecule has 2 aromatic rings. The van der Waals surface area contributed by atoms with Gasteiger partial charge in [0.15, 0.2) is 11.5 Å². The molecule has 0 aliphatic heterocycles. The number of rotatable bonds is 3. The van der Waals surface area contributed by atoms with Crippen LogP contribution in [0.25, 0.3) is 0 Å². The maximum absolute atomic E-state index is 12.4. The fraction of sp³-hybridized carbons (Fsp3) is 0.188. The number of nitrogens with zero attached hydrogens (tertiary/aromatic N) is 1. The molecule has 1 atom stereocenters. The Balaban J connectivity index is 2.29. The molecule has 2 aromatic carbocycles. The van der Waals surface area contributed by atoms with Crippen molar-refractivity contribution >= 4 is 17.5 Å². The third-order valence-corrected chi connectivity index (χ3v) is 3.71.